The first kappa shape index (κ1) is 16.7. The van der Waals surface area contributed by atoms with Gasteiger partial charge >= 0.3 is 0 Å². The molecule has 2 fully saturated rings. The Balaban J connectivity index is 2.21. The lowest BCUT2D eigenvalue weighted by Gasteiger charge is -2.46. The minimum atomic E-state index is -3.62. The van der Waals surface area contributed by atoms with Gasteiger partial charge in [-0.3, -0.25) is 4.79 Å². The maximum absolute atomic E-state index is 12.8. The summed E-state index contributed by atoms with van der Waals surface area (Å²) in [6.07, 6.45) is 0.873. The van der Waals surface area contributed by atoms with Gasteiger partial charge in [-0.2, -0.15) is 17.0 Å². The molecule has 0 unspecified atom stereocenters. The highest BCUT2D eigenvalue weighted by molar-refractivity contribution is 7.86. The average molecular weight is 319 g/mol. The molecule has 122 valence electrons. The van der Waals surface area contributed by atoms with Crippen LogP contribution in [-0.4, -0.2) is 79.3 Å². The number of piperazine rings is 1. The Morgan fingerprint density at radius 1 is 1.14 bits per heavy atom. The molecule has 0 aromatic heterocycles. The van der Waals surface area contributed by atoms with E-state index in [0.29, 0.717) is 45.9 Å². The summed E-state index contributed by atoms with van der Waals surface area (Å²) in [4.78, 5) is 14.3. The molecule has 0 aromatic carbocycles. The van der Waals surface area contributed by atoms with Gasteiger partial charge in [-0.05, 0) is 20.3 Å². The minimum Gasteiger partial charge on any atom is -0.379 e. The highest BCUT2D eigenvalue weighted by atomic mass is 32.2. The van der Waals surface area contributed by atoms with Crippen LogP contribution in [0.2, 0.25) is 0 Å². The summed E-state index contributed by atoms with van der Waals surface area (Å²) in [5.41, 5.74) is -1.04. The van der Waals surface area contributed by atoms with Gasteiger partial charge < -0.3 is 9.64 Å². The molecule has 0 radical (unpaired) electrons. The molecule has 0 saturated carbocycles. The van der Waals surface area contributed by atoms with Gasteiger partial charge in [0.05, 0.1) is 13.2 Å². The van der Waals surface area contributed by atoms with Gasteiger partial charge in [0.1, 0.15) is 5.54 Å². The Morgan fingerprint density at radius 2 is 1.76 bits per heavy atom. The van der Waals surface area contributed by atoms with Crippen molar-refractivity contribution in [2.24, 2.45) is 0 Å². The lowest BCUT2D eigenvalue weighted by Crippen LogP contribution is -2.66. The smallest absolute Gasteiger partial charge is 0.283 e. The van der Waals surface area contributed by atoms with Crippen molar-refractivity contribution >= 4 is 16.1 Å². The van der Waals surface area contributed by atoms with Crippen LogP contribution >= 0.6 is 0 Å². The average Bonchev–Trinajstić information content (AvgIpc) is 2.45. The van der Waals surface area contributed by atoms with E-state index >= 15 is 0 Å². The Labute approximate surface area is 127 Å². The summed E-state index contributed by atoms with van der Waals surface area (Å²) in [5, 5.41) is 0. The number of carbonyl (C=O) groups is 1. The van der Waals surface area contributed by atoms with E-state index in [9.17, 15) is 13.2 Å². The molecule has 21 heavy (non-hydrogen) atoms. The lowest BCUT2D eigenvalue weighted by atomic mass is 10.0. The highest BCUT2D eigenvalue weighted by Crippen LogP contribution is 2.27. The first-order valence-electron chi connectivity index (χ1n) is 7.47. The van der Waals surface area contributed by atoms with Gasteiger partial charge in [0, 0.05) is 32.7 Å². The number of ether oxygens (including phenoxy) is 1. The second-order valence-corrected chi connectivity index (χ2v) is 7.80. The third kappa shape index (κ3) is 3.08. The number of carbonyl (C=O) groups excluding carboxylic acids is 1. The standard InChI is InChI=1S/C13H25N3O4S/c1-4-5-14-6-7-16(13(2,3)12(14)17)21(18,19)15-8-10-20-11-9-15/h4-11H2,1-3H3. The van der Waals surface area contributed by atoms with Crippen LogP contribution in [0.1, 0.15) is 27.2 Å². The number of hydrogen-bond donors (Lipinski definition) is 0. The van der Waals surface area contributed by atoms with E-state index in [4.69, 9.17) is 4.74 Å². The van der Waals surface area contributed by atoms with Crippen molar-refractivity contribution in [1.82, 2.24) is 13.5 Å². The van der Waals surface area contributed by atoms with Crippen LogP contribution in [0.25, 0.3) is 0 Å². The molecule has 0 atom stereocenters. The van der Waals surface area contributed by atoms with Crippen molar-refractivity contribution in [2.75, 3.05) is 45.9 Å². The zero-order chi connectivity index (χ0) is 15.7. The van der Waals surface area contributed by atoms with Crippen LogP contribution in [-0.2, 0) is 19.7 Å². The molecule has 1 amide bonds. The number of nitrogens with zero attached hydrogens (tertiary/aromatic N) is 3. The minimum absolute atomic E-state index is 0.118. The Hall–Kier alpha value is -0.700. The lowest BCUT2D eigenvalue weighted by molar-refractivity contribution is -0.144. The molecular weight excluding hydrogens is 294 g/mol. The van der Waals surface area contributed by atoms with E-state index in [1.807, 2.05) is 6.92 Å². The Bertz CT molecular complexity index is 486. The molecule has 8 heteroatoms. The SMILES string of the molecule is CCCN1CCN(S(=O)(=O)N2CCOCC2)C(C)(C)C1=O. The zero-order valence-electron chi connectivity index (χ0n) is 13.0. The van der Waals surface area contributed by atoms with E-state index in [0.717, 1.165) is 6.42 Å². The molecule has 0 aromatic rings. The van der Waals surface area contributed by atoms with E-state index in [2.05, 4.69) is 0 Å². The van der Waals surface area contributed by atoms with Crippen LogP contribution in [0.5, 0.6) is 0 Å². The molecule has 0 aliphatic carbocycles. The first-order chi connectivity index (χ1) is 9.81. The summed E-state index contributed by atoms with van der Waals surface area (Å²) in [6.45, 7) is 8.38. The fourth-order valence-corrected chi connectivity index (χ4v) is 4.75. The predicted octanol–water partition coefficient (Wildman–Crippen LogP) is -0.104. The second-order valence-electron chi connectivity index (χ2n) is 5.94. The molecule has 0 N–H and O–H groups in total. The van der Waals surface area contributed by atoms with E-state index < -0.39 is 15.7 Å². The molecule has 7 nitrogen and oxygen atoms in total. The maximum atomic E-state index is 12.8. The third-order valence-electron chi connectivity index (χ3n) is 4.08. The Kier molecular flexibility index (Phi) is 4.92. The largest absolute Gasteiger partial charge is 0.379 e. The van der Waals surface area contributed by atoms with Crippen molar-refractivity contribution in [3.63, 3.8) is 0 Å². The van der Waals surface area contributed by atoms with Crippen LogP contribution in [0.4, 0.5) is 0 Å². The topological polar surface area (TPSA) is 70.2 Å². The number of morpholine rings is 1. The quantitative estimate of drug-likeness (QED) is 0.725. The molecule has 2 saturated heterocycles. The van der Waals surface area contributed by atoms with Gasteiger partial charge in [0.15, 0.2) is 0 Å². The number of amides is 1. The summed E-state index contributed by atoms with van der Waals surface area (Å²) in [6, 6.07) is 0. The van der Waals surface area contributed by atoms with Gasteiger partial charge in [0.25, 0.3) is 10.2 Å². The van der Waals surface area contributed by atoms with Crippen LogP contribution in [0.3, 0.4) is 0 Å². The summed E-state index contributed by atoms with van der Waals surface area (Å²) in [5.74, 6) is -0.118. The van der Waals surface area contributed by atoms with Crippen LogP contribution in [0, 0.1) is 0 Å². The number of hydrogen-bond acceptors (Lipinski definition) is 4. The van der Waals surface area contributed by atoms with E-state index in [1.54, 1.807) is 18.7 Å². The fraction of sp³-hybridized carbons (Fsp3) is 0.923. The van der Waals surface area contributed by atoms with Crippen molar-refractivity contribution in [1.29, 1.82) is 0 Å². The summed E-state index contributed by atoms with van der Waals surface area (Å²) in [7, 11) is -3.62. The van der Waals surface area contributed by atoms with Crippen molar-refractivity contribution in [3.8, 4) is 0 Å². The molecule has 2 aliphatic rings. The van der Waals surface area contributed by atoms with E-state index in [-0.39, 0.29) is 5.91 Å². The van der Waals surface area contributed by atoms with Gasteiger partial charge in [0.2, 0.25) is 5.91 Å². The van der Waals surface area contributed by atoms with Gasteiger partial charge in [-0.1, -0.05) is 6.92 Å². The second kappa shape index (κ2) is 6.20. The molecule has 2 aliphatic heterocycles. The molecule has 0 bridgehead atoms. The number of rotatable bonds is 4. The zero-order valence-corrected chi connectivity index (χ0v) is 13.9. The predicted molar refractivity (Wildman–Crippen MR) is 79.0 cm³/mol. The molecular formula is C13H25N3O4S. The third-order valence-corrected chi connectivity index (χ3v) is 6.29. The summed E-state index contributed by atoms with van der Waals surface area (Å²) >= 11 is 0. The first-order valence-corrected chi connectivity index (χ1v) is 8.86. The van der Waals surface area contributed by atoms with Crippen molar-refractivity contribution in [2.45, 2.75) is 32.7 Å². The normalized spacial score (nSPS) is 25.3. The summed E-state index contributed by atoms with van der Waals surface area (Å²) < 4.78 is 33.6. The van der Waals surface area contributed by atoms with Crippen LogP contribution in [0.15, 0.2) is 0 Å². The van der Waals surface area contributed by atoms with Crippen LogP contribution < -0.4 is 0 Å². The molecule has 2 rings (SSSR count). The Morgan fingerprint density at radius 3 is 2.33 bits per heavy atom. The fourth-order valence-electron chi connectivity index (χ4n) is 2.89. The van der Waals surface area contributed by atoms with Crippen molar-refractivity contribution < 1.29 is 17.9 Å². The van der Waals surface area contributed by atoms with E-state index in [1.165, 1.54) is 8.61 Å². The molecule has 0 spiro atoms. The monoisotopic (exact) mass is 319 g/mol. The maximum Gasteiger partial charge on any atom is 0.283 e. The van der Waals surface area contributed by atoms with Gasteiger partial charge in [-0.25, -0.2) is 0 Å². The van der Waals surface area contributed by atoms with Crippen molar-refractivity contribution in [3.05, 3.63) is 0 Å². The molecule has 2 heterocycles. The van der Waals surface area contributed by atoms with Gasteiger partial charge in [-0.15, -0.1) is 0 Å². The highest BCUT2D eigenvalue weighted by Gasteiger charge is 2.49.